The molecule has 104 valence electrons. The number of nitrogens with two attached hydrogens (primary N) is 1. The molecule has 2 aromatic carbocycles. The molecule has 0 unspecified atom stereocenters. The average Bonchev–Trinajstić information content (AvgIpc) is 2.39. The van der Waals surface area contributed by atoms with Crippen molar-refractivity contribution in [1.29, 1.82) is 0 Å². The van der Waals surface area contributed by atoms with Crippen LogP contribution in [-0.4, -0.2) is 5.91 Å². The van der Waals surface area contributed by atoms with Crippen LogP contribution >= 0.6 is 22.6 Å². The minimum absolute atomic E-state index is 0.0153. The third-order valence-electron chi connectivity index (χ3n) is 3.12. The van der Waals surface area contributed by atoms with Crippen LogP contribution in [0.2, 0.25) is 0 Å². The van der Waals surface area contributed by atoms with Gasteiger partial charge in [-0.2, -0.15) is 0 Å². The van der Waals surface area contributed by atoms with Crippen LogP contribution in [0.4, 0.5) is 11.4 Å². The Balaban J connectivity index is 2.08. The van der Waals surface area contributed by atoms with Crippen molar-refractivity contribution < 1.29 is 4.79 Å². The Hall–Kier alpha value is -1.56. The molecule has 0 aromatic heterocycles. The number of rotatable bonds is 3. The number of halogens is 1. The fraction of sp³-hybridized carbons (Fsp3) is 0.188. The van der Waals surface area contributed by atoms with Gasteiger partial charge in [0.25, 0.3) is 0 Å². The summed E-state index contributed by atoms with van der Waals surface area (Å²) in [6.07, 6.45) is 0.352. The molecule has 0 heterocycles. The van der Waals surface area contributed by atoms with E-state index in [9.17, 15) is 4.79 Å². The Morgan fingerprint density at radius 2 is 1.80 bits per heavy atom. The van der Waals surface area contributed by atoms with E-state index in [4.69, 9.17) is 5.73 Å². The topological polar surface area (TPSA) is 55.1 Å². The Labute approximate surface area is 132 Å². The first-order valence-corrected chi connectivity index (χ1v) is 7.44. The predicted octanol–water partition coefficient (Wildman–Crippen LogP) is 3.67. The van der Waals surface area contributed by atoms with Gasteiger partial charge >= 0.3 is 0 Å². The summed E-state index contributed by atoms with van der Waals surface area (Å²) in [6.45, 7) is 4.04. The average molecular weight is 380 g/mol. The number of carbonyl (C=O) groups is 1. The minimum Gasteiger partial charge on any atom is -0.399 e. The van der Waals surface area contributed by atoms with Gasteiger partial charge in [-0.3, -0.25) is 4.79 Å². The Morgan fingerprint density at radius 1 is 1.15 bits per heavy atom. The number of nitrogens with one attached hydrogen (secondary N) is 1. The van der Waals surface area contributed by atoms with Crippen molar-refractivity contribution in [2.45, 2.75) is 20.3 Å². The van der Waals surface area contributed by atoms with Crippen LogP contribution in [0.1, 0.15) is 16.7 Å². The van der Waals surface area contributed by atoms with Crippen molar-refractivity contribution in [2.75, 3.05) is 11.1 Å². The molecule has 0 aliphatic rings. The lowest BCUT2D eigenvalue weighted by molar-refractivity contribution is -0.115. The second-order valence-corrected chi connectivity index (χ2v) is 6.05. The van der Waals surface area contributed by atoms with Gasteiger partial charge in [-0.25, -0.2) is 0 Å². The van der Waals surface area contributed by atoms with Gasteiger partial charge in [0.1, 0.15) is 0 Å². The highest BCUT2D eigenvalue weighted by atomic mass is 127. The fourth-order valence-electron chi connectivity index (χ4n) is 1.93. The first kappa shape index (κ1) is 14.8. The molecule has 0 saturated heterocycles. The third-order valence-corrected chi connectivity index (χ3v) is 4.29. The van der Waals surface area contributed by atoms with Crippen LogP contribution in [0.5, 0.6) is 0 Å². The fourth-order valence-corrected chi connectivity index (χ4v) is 2.55. The summed E-state index contributed by atoms with van der Waals surface area (Å²) in [4.78, 5) is 12.1. The molecule has 0 atom stereocenters. The van der Waals surface area contributed by atoms with Crippen LogP contribution in [0.3, 0.4) is 0 Å². The molecule has 0 aliphatic heterocycles. The molecule has 2 aromatic rings. The summed E-state index contributed by atoms with van der Waals surface area (Å²) in [6, 6.07) is 11.5. The van der Waals surface area contributed by atoms with Crippen molar-refractivity contribution in [3.05, 3.63) is 56.7 Å². The zero-order chi connectivity index (χ0) is 14.7. The summed E-state index contributed by atoms with van der Waals surface area (Å²) >= 11 is 2.30. The summed E-state index contributed by atoms with van der Waals surface area (Å²) in [5.41, 5.74) is 10.4. The molecule has 0 fully saturated rings. The Morgan fingerprint density at radius 3 is 2.45 bits per heavy atom. The van der Waals surface area contributed by atoms with E-state index in [0.717, 1.165) is 16.8 Å². The van der Waals surface area contributed by atoms with Gasteiger partial charge in [0.2, 0.25) is 5.91 Å². The molecule has 3 nitrogen and oxygen atoms in total. The molecule has 0 bridgehead atoms. The van der Waals surface area contributed by atoms with E-state index < -0.39 is 0 Å². The van der Waals surface area contributed by atoms with Crippen LogP contribution < -0.4 is 11.1 Å². The van der Waals surface area contributed by atoms with Gasteiger partial charge < -0.3 is 11.1 Å². The standard InChI is InChI=1S/C16H17IN2O/c1-10-8-15(11(2)7-14(10)17)19-16(20)9-12-3-5-13(18)6-4-12/h3-8H,9,18H2,1-2H3,(H,19,20). The normalized spacial score (nSPS) is 10.3. The molecule has 1 amide bonds. The largest absolute Gasteiger partial charge is 0.399 e. The van der Waals surface area contributed by atoms with Crippen molar-refractivity contribution >= 4 is 39.9 Å². The Kier molecular flexibility index (Phi) is 4.65. The summed E-state index contributed by atoms with van der Waals surface area (Å²) in [5, 5.41) is 2.97. The van der Waals surface area contributed by atoms with E-state index >= 15 is 0 Å². The third kappa shape index (κ3) is 3.72. The van der Waals surface area contributed by atoms with E-state index in [1.54, 1.807) is 0 Å². The molecule has 0 spiro atoms. The van der Waals surface area contributed by atoms with E-state index in [1.165, 1.54) is 9.13 Å². The number of hydrogen-bond acceptors (Lipinski definition) is 2. The minimum atomic E-state index is -0.0153. The maximum absolute atomic E-state index is 12.1. The van der Waals surface area contributed by atoms with E-state index in [2.05, 4.69) is 34.0 Å². The summed E-state index contributed by atoms with van der Waals surface area (Å²) in [7, 11) is 0. The number of benzene rings is 2. The highest BCUT2D eigenvalue weighted by molar-refractivity contribution is 14.1. The first-order valence-electron chi connectivity index (χ1n) is 6.36. The van der Waals surface area contributed by atoms with Gasteiger partial charge in [0.05, 0.1) is 6.42 Å². The maximum atomic E-state index is 12.1. The number of amides is 1. The van der Waals surface area contributed by atoms with Crippen molar-refractivity contribution in [3.63, 3.8) is 0 Å². The smallest absolute Gasteiger partial charge is 0.228 e. The zero-order valence-electron chi connectivity index (χ0n) is 11.5. The quantitative estimate of drug-likeness (QED) is 0.631. The summed E-state index contributed by atoms with van der Waals surface area (Å²) < 4.78 is 1.21. The number of aryl methyl sites for hydroxylation is 2. The van der Waals surface area contributed by atoms with Gasteiger partial charge in [0, 0.05) is 14.9 Å². The summed E-state index contributed by atoms with van der Waals surface area (Å²) in [5.74, 6) is -0.0153. The lowest BCUT2D eigenvalue weighted by atomic mass is 10.1. The van der Waals surface area contributed by atoms with Crippen LogP contribution in [0, 0.1) is 17.4 Å². The highest BCUT2D eigenvalue weighted by Gasteiger charge is 2.08. The van der Waals surface area contributed by atoms with E-state index in [0.29, 0.717) is 12.1 Å². The SMILES string of the molecule is Cc1cc(NC(=O)Cc2ccc(N)cc2)c(C)cc1I. The monoisotopic (exact) mass is 380 g/mol. The molecule has 2 rings (SSSR count). The lowest BCUT2D eigenvalue weighted by Crippen LogP contribution is -2.15. The molecule has 0 saturated carbocycles. The van der Waals surface area contributed by atoms with Crippen molar-refractivity contribution in [1.82, 2.24) is 0 Å². The van der Waals surface area contributed by atoms with Crippen LogP contribution in [0.25, 0.3) is 0 Å². The molecule has 4 heteroatoms. The van der Waals surface area contributed by atoms with Gasteiger partial charge in [0.15, 0.2) is 0 Å². The molecule has 0 radical (unpaired) electrons. The maximum Gasteiger partial charge on any atom is 0.228 e. The number of hydrogen-bond donors (Lipinski definition) is 2. The van der Waals surface area contributed by atoms with E-state index in [1.807, 2.05) is 44.2 Å². The van der Waals surface area contributed by atoms with Crippen LogP contribution in [0.15, 0.2) is 36.4 Å². The number of carbonyl (C=O) groups excluding carboxylic acids is 1. The van der Waals surface area contributed by atoms with E-state index in [-0.39, 0.29) is 5.91 Å². The van der Waals surface area contributed by atoms with Gasteiger partial charge in [-0.05, 0) is 77.4 Å². The predicted molar refractivity (Wildman–Crippen MR) is 91.8 cm³/mol. The molecular weight excluding hydrogens is 363 g/mol. The second-order valence-electron chi connectivity index (χ2n) is 4.88. The molecular formula is C16H17IN2O. The van der Waals surface area contributed by atoms with Gasteiger partial charge in [-0.1, -0.05) is 12.1 Å². The number of nitrogen functional groups attached to an aromatic ring is 1. The lowest BCUT2D eigenvalue weighted by Gasteiger charge is -2.11. The molecule has 3 N–H and O–H groups in total. The van der Waals surface area contributed by atoms with Gasteiger partial charge in [-0.15, -0.1) is 0 Å². The second kappa shape index (κ2) is 6.26. The molecule has 20 heavy (non-hydrogen) atoms. The Bertz CT molecular complexity index is 636. The van der Waals surface area contributed by atoms with Crippen molar-refractivity contribution in [3.8, 4) is 0 Å². The number of anilines is 2. The highest BCUT2D eigenvalue weighted by Crippen LogP contribution is 2.22. The zero-order valence-corrected chi connectivity index (χ0v) is 13.7. The molecule has 0 aliphatic carbocycles. The van der Waals surface area contributed by atoms with Crippen LogP contribution in [-0.2, 0) is 11.2 Å². The first-order chi connectivity index (χ1) is 9.45. The van der Waals surface area contributed by atoms with Crippen molar-refractivity contribution in [2.24, 2.45) is 0 Å².